The highest BCUT2D eigenvalue weighted by molar-refractivity contribution is 7.47. The number of unbranched alkanes of at least 4 members (excludes halogenated alkanes) is 34. The summed E-state index contributed by atoms with van der Waals surface area (Å²) in [7, 11) is -9.89. The highest BCUT2D eigenvalue weighted by Crippen LogP contribution is 2.45. The van der Waals surface area contributed by atoms with Crippen LogP contribution >= 0.6 is 15.6 Å². The van der Waals surface area contributed by atoms with Gasteiger partial charge < -0.3 is 33.8 Å². The van der Waals surface area contributed by atoms with Gasteiger partial charge in [-0.15, -0.1) is 0 Å². The Kier molecular flexibility index (Phi) is 56.2. The number of aliphatic hydroxyl groups excluding tert-OH is 1. The van der Waals surface area contributed by atoms with Gasteiger partial charge in [0.1, 0.15) is 19.3 Å². The molecule has 0 radical (unpaired) electrons. The van der Waals surface area contributed by atoms with Crippen molar-refractivity contribution in [1.29, 1.82) is 0 Å². The van der Waals surface area contributed by atoms with Gasteiger partial charge in [-0.3, -0.25) is 37.3 Å². The fourth-order valence-electron chi connectivity index (χ4n) is 9.71. The summed E-state index contributed by atoms with van der Waals surface area (Å²) in [4.78, 5) is 72.2. The second-order valence-electron chi connectivity index (χ2n) is 24.5. The molecular weight excluding hydrogens is 1110 g/mol. The molecule has 0 spiro atoms. The van der Waals surface area contributed by atoms with Gasteiger partial charge in [-0.2, -0.15) is 0 Å². The van der Waals surface area contributed by atoms with E-state index in [2.05, 4.69) is 41.5 Å². The van der Waals surface area contributed by atoms with Crippen LogP contribution in [0.1, 0.15) is 324 Å². The highest BCUT2D eigenvalue weighted by atomic mass is 31.2. The van der Waals surface area contributed by atoms with Gasteiger partial charge in [0.2, 0.25) is 0 Å². The second-order valence-corrected chi connectivity index (χ2v) is 27.4. The van der Waals surface area contributed by atoms with Crippen LogP contribution in [-0.4, -0.2) is 96.7 Å². The average Bonchev–Trinajstić information content (AvgIpc) is 3.51. The lowest BCUT2D eigenvalue weighted by atomic mass is 10.0. The molecule has 0 aromatic heterocycles. The minimum atomic E-state index is -4.95. The van der Waals surface area contributed by atoms with Crippen molar-refractivity contribution in [2.24, 2.45) is 11.8 Å². The van der Waals surface area contributed by atoms with E-state index < -0.39 is 97.5 Å². The lowest BCUT2D eigenvalue weighted by Gasteiger charge is -2.21. The summed E-state index contributed by atoms with van der Waals surface area (Å²) in [5, 5.41) is 10.5. The first kappa shape index (κ1) is 82.1. The summed E-state index contributed by atoms with van der Waals surface area (Å²) in [6, 6.07) is 0. The van der Waals surface area contributed by atoms with E-state index in [1.807, 2.05) is 0 Å². The molecule has 2 unspecified atom stereocenters. The molecule has 0 amide bonds. The van der Waals surface area contributed by atoms with E-state index in [0.717, 1.165) is 95.8 Å². The maximum Gasteiger partial charge on any atom is 0.472 e. The number of rotatable bonds is 64. The van der Waals surface area contributed by atoms with Gasteiger partial charge in [0, 0.05) is 25.7 Å². The first-order chi connectivity index (χ1) is 40.4. The van der Waals surface area contributed by atoms with E-state index in [-0.39, 0.29) is 25.7 Å². The van der Waals surface area contributed by atoms with Crippen molar-refractivity contribution in [1.82, 2.24) is 0 Å². The number of carbonyl (C=O) groups excluding carboxylic acids is 4. The van der Waals surface area contributed by atoms with Crippen LogP contribution in [0.15, 0.2) is 0 Å². The third-order valence-electron chi connectivity index (χ3n) is 15.0. The summed E-state index contributed by atoms with van der Waals surface area (Å²) < 4.78 is 68.0. The lowest BCUT2D eigenvalue weighted by molar-refractivity contribution is -0.161. The number of carbonyl (C=O) groups is 4. The first-order valence-electron chi connectivity index (χ1n) is 34.0. The fourth-order valence-corrected chi connectivity index (χ4v) is 11.3. The highest BCUT2D eigenvalue weighted by Gasteiger charge is 2.30. The summed E-state index contributed by atoms with van der Waals surface area (Å²) in [5.74, 6) is -0.701. The third kappa shape index (κ3) is 59.0. The molecule has 0 bridgehead atoms. The molecule has 0 saturated carbocycles. The van der Waals surface area contributed by atoms with Gasteiger partial charge in [0.15, 0.2) is 12.2 Å². The quantitative estimate of drug-likeness (QED) is 0.0222. The van der Waals surface area contributed by atoms with E-state index in [1.54, 1.807) is 0 Å². The lowest BCUT2D eigenvalue weighted by Crippen LogP contribution is -2.30. The van der Waals surface area contributed by atoms with Crippen molar-refractivity contribution in [3.8, 4) is 0 Å². The second kappa shape index (κ2) is 57.5. The predicted molar refractivity (Wildman–Crippen MR) is 335 cm³/mol. The maximum absolute atomic E-state index is 13.0. The van der Waals surface area contributed by atoms with Crippen LogP contribution in [0.2, 0.25) is 0 Å². The van der Waals surface area contributed by atoms with Gasteiger partial charge in [-0.05, 0) is 37.5 Å². The zero-order chi connectivity index (χ0) is 62.2. The van der Waals surface area contributed by atoms with Gasteiger partial charge in [-0.25, -0.2) is 9.13 Å². The molecule has 84 heavy (non-hydrogen) atoms. The molecule has 0 aliphatic rings. The SMILES string of the molecule is CCCCCCCCCCCCCCC(=O)OC[C@H](COP(=O)(O)OC[C@@H](O)COP(=O)(O)OC[C@@H](COC(=O)CCCCCCCCCCC)OC(=O)CCCCCCCCC(C)C)OC(=O)CCCCCCCCCCCCCC(C)C. The van der Waals surface area contributed by atoms with Crippen molar-refractivity contribution in [2.45, 2.75) is 342 Å². The maximum atomic E-state index is 13.0. The predicted octanol–water partition coefficient (Wildman–Crippen LogP) is 18.0. The first-order valence-corrected chi connectivity index (χ1v) is 37.0. The Balaban J connectivity index is 5.23. The number of aliphatic hydroxyl groups is 1. The summed E-state index contributed by atoms with van der Waals surface area (Å²) in [5.41, 5.74) is 0. The van der Waals surface area contributed by atoms with Crippen LogP contribution in [0, 0.1) is 11.8 Å². The van der Waals surface area contributed by atoms with Crippen LogP contribution < -0.4 is 0 Å². The van der Waals surface area contributed by atoms with Crippen LogP contribution in [-0.2, 0) is 65.4 Å². The zero-order valence-corrected chi connectivity index (χ0v) is 56.0. The van der Waals surface area contributed by atoms with Crippen LogP contribution in [0.5, 0.6) is 0 Å². The molecule has 0 fully saturated rings. The molecule has 0 saturated heterocycles. The Morgan fingerprint density at radius 3 is 0.810 bits per heavy atom. The molecular formula is C65H126O17P2. The topological polar surface area (TPSA) is 237 Å². The normalized spacial score (nSPS) is 14.3. The van der Waals surface area contributed by atoms with E-state index in [4.69, 9.17) is 37.0 Å². The monoisotopic (exact) mass is 1240 g/mol. The van der Waals surface area contributed by atoms with E-state index >= 15 is 0 Å². The molecule has 17 nitrogen and oxygen atoms in total. The van der Waals surface area contributed by atoms with Crippen molar-refractivity contribution < 1.29 is 80.2 Å². The Bertz CT molecular complexity index is 1650. The number of hydrogen-bond acceptors (Lipinski definition) is 15. The third-order valence-corrected chi connectivity index (χ3v) is 16.9. The molecule has 3 N–H and O–H groups in total. The van der Waals surface area contributed by atoms with Gasteiger partial charge in [0.25, 0.3) is 0 Å². The number of phosphoric acid groups is 2. The molecule has 0 heterocycles. The number of hydrogen-bond donors (Lipinski definition) is 3. The molecule has 5 atom stereocenters. The van der Waals surface area contributed by atoms with Gasteiger partial charge in [0.05, 0.1) is 26.4 Å². The minimum absolute atomic E-state index is 0.102. The van der Waals surface area contributed by atoms with E-state index in [0.29, 0.717) is 31.6 Å². The smallest absolute Gasteiger partial charge is 0.462 e. The number of phosphoric ester groups is 2. The van der Waals surface area contributed by atoms with E-state index in [9.17, 15) is 43.2 Å². The standard InChI is InChI=1S/C65H126O17P2/c1-7-9-11-13-15-17-18-21-25-29-36-42-48-63(68)76-53-60(81-64(69)49-43-37-30-26-22-19-20-24-27-33-39-45-57(3)4)55-79-83(71,72)77-51-59(66)52-78-84(73,74)80-56-61(82-65(70)50-44-38-32-31-34-40-46-58(5)6)54-75-62(67)47-41-35-28-23-16-14-12-10-8-2/h57-61,66H,7-56H2,1-6H3,(H,71,72)(H,73,74)/t59-,60-,61-/m1/s1. The van der Waals surface area contributed by atoms with Crippen molar-refractivity contribution in [3.63, 3.8) is 0 Å². The fraction of sp³-hybridized carbons (Fsp3) is 0.938. The Morgan fingerprint density at radius 1 is 0.321 bits per heavy atom. The Morgan fingerprint density at radius 2 is 0.548 bits per heavy atom. The van der Waals surface area contributed by atoms with Gasteiger partial charge in [-0.1, -0.05) is 273 Å². The van der Waals surface area contributed by atoms with Crippen molar-refractivity contribution >= 4 is 39.5 Å². The molecule has 498 valence electrons. The summed E-state index contributed by atoms with van der Waals surface area (Å²) >= 11 is 0. The molecule has 0 aromatic rings. The minimum Gasteiger partial charge on any atom is -0.462 e. The molecule has 0 aromatic carbocycles. The van der Waals surface area contributed by atoms with Crippen LogP contribution in [0.25, 0.3) is 0 Å². The number of esters is 4. The average molecular weight is 1240 g/mol. The van der Waals surface area contributed by atoms with Crippen molar-refractivity contribution in [2.75, 3.05) is 39.6 Å². The summed E-state index contributed by atoms with van der Waals surface area (Å²) in [6.07, 6.45) is 40.4. The van der Waals surface area contributed by atoms with Crippen molar-refractivity contribution in [3.05, 3.63) is 0 Å². The van der Waals surface area contributed by atoms with Gasteiger partial charge >= 0.3 is 39.5 Å². The molecule has 0 rings (SSSR count). The largest absolute Gasteiger partial charge is 0.472 e. The number of ether oxygens (including phenoxy) is 4. The van der Waals surface area contributed by atoms with E-state index in [1.165, 1.54) is 141 Å². The molecule has 0 aliphatic heterocycles. The Labute approximate surface area is 511 Å². The Hall–Kier alpha value is -1.94. The van der Waals surface area contributed by atoms with Crippen LogP contribution in [0.3, 0.4) is 0 Å². The zero-order valence-electron chi connectivity index (χ0n) is 54.2. The summed E-state index contributed by atoms with van der Waals surface area (Å²) in [6.45, 7) is 9.40. The van der Waals surface area contributed by atoms with Crippen LogP contribution in [0.4, 0.5) is 0 Å². The molecule has 0 aliphatic carbocycles. The molecule has 19 heteroatoms.